The van der Waals surface area contributed by atoms with Gasteiger partial charge in [0.1, 0.15) is 11.3 Å². The van der Waals surface area contributed by atoms with Crippen LogP contribution in [0.3, 0.4) is 0 Å². The minimum Gasteiger partial charge on any atom is -0.496 e. The quantitative estimate of drug-likeness (QED) is 0.330. The van der Waals surface area contributed by atoms with Crippen molar-refractivity contribution in [3.8, 4) is 16.9 Å². The second kappa shape index (κ2) is 9.59. The number of amides is 1. The van der Waals surface area contributed by atoms with Gasteiger partial charge in [0.25, 0.3) is 0 Å². The molecule has 3 aromatic carbocycles. The first-order valence-corrected chi connectivity index (χ1v) is 12.3. The van der Waals surface area contributed by atoms with E-state index in [9.17, 15) is 4.79 Å². The molecule has 1 saturated heterocycles. The first-order chi connectivity index (χ1) is 17.0. The number of hydrogen-bond acceptors (Lipinski definition) is 4. The Bertz CT molecular complexity index is 1420. The summed E-state index contributed by atoms with van der Waals surface area (Å²) in [7, 11) is 1.67. The van der Waals surface area contributed by atoms with E-state index in [0.29, 0.717) is 0 Å². The summed E-state index contributed by atoms with van der Waals surface area (Å²) in [6.45, 7) is 10.6. The molecule has 5 rings (SSSR count). The number of piperazine rings is 1. The SMILES string of the molecule is CCN1CCN(C(=O)/C=C(\C)c2cc3c(-c4cccc5ccccc45)coc3c(C)c2OC)CC1. The van der Waals surface area contributed by atoms with Crippen molar-refractivity contribution in [2.24, 2.45) is 0 Å². The fourth-order valence-electron chi connectivity index (χ4n) is 5.18. The van der Waals surface area contributed by atoms with E-state index in [0.717, 1.165) is 77.3 Å². The van der Waals surface area contributed by atoms with E-state index in [1.807, 2.05) is 25.0 Å². The Morgan fingerprint density at radius 2 is 1.77 bits per heavy atom. The first kappa shape index (κ1) is 23.2. The number of benzene rings is 3. The lowest BCUT2D eigenvalue weighted by molar-refractivity contribution is -0.127. The third kappa shape index (κ3) is 4.21. The van der Waals surface area contributed by atoms with Crippen molar-refractivity contribution >= 4 is 33.2 Å². The third-order valence-electron chi connectivity index (χ3n) is 7.22. The third-order valence-corrected chi connectivity index (χ3v) is 7.22. The lowest BCUT2D eigenvalue weighted by Crippen LogP contribution is -2.48. The number of carbonyl (C=O) groups excluding carboxylic acids is 1. The Hall–Kier alpha value is -3.57. The summed E-state index contributed by atoms with van der Waals surface area (Å²) in [4.78, 5) is 17.4. The number of fused-ring (bicyclic) bond motifs is 2. The van der Waals surface area contributed by atoms with Crippen molar-refractivity contribution in [2.45, 2.75) is 20.8 Å². The molecule has 35 heavy (non-hydrogen) atoms. The van der Waals surface area contributed by atoms with Crippen molar-refractivity contribution in [3.05, 3.63) is 72.0 Å². The lowest BCUT2D eigenvalue weighted by Gasteiger charge is -2.33. The number of methoxy groups -OCH3 is 1. The normalized spacial score (nSPS) is 15.2. The molecule has 0 radical (unpaired) electrons. The van der Waals surface area contributed by atoms with Crippen LogP contribution in [0.2, 0.25) is 0 Å². The van der Waals surface area contributed by atoms with Crippen LogP contribution in [0.5, 0.6) is 5.75 Å². The van der Waals surface area contributed by atoms with Crippen molar-refractivity contribution in [1.29, 1.82) is 0 Å². The lowest BCUT2D eigenvalue weighted by atomic mass is 9.94. The van der Waals surface area contributed by atoms with Gasteiger partial charge in [-0.2, -0.15) is 0 Å². The van der Waals surface area contributed by atoms with Crippen LogP contribution in [0.4, 0.5) is 0 Å². The number of furan rings is 1. The van der Waals surface area contributed by atoms with Gasteiger partial charge in [-0.05, 0) is 48.4 Å². The van der Waals surface area contributed by atoms with Crippen LogP contribution in [-0.4, -0.2) is 55.5 Å². The van der Waals surface area contributed by atoms with Crippen LogP contribution in [0.1, 0.15) is 25.0 Å². The molecule has 0 aliphatic carbocycles. The highest BCUT2D eigenvalue weighted by molar-refractivity contribution is 6.07. The van der Waals surface area contributed by atoms with Gasteiger partial charge in [-0.25, -0.2) is 0 Å². The van der Waals surface area contributed by atoms with E-state index < -0.39 is 0 Å². The molecule has 0 spiro atoms. The highest BCUT2D eigenvalue weighted by Crippen LogP contribution is 2.42. The number of ether oxygens (including phenoxy) is 1. The van der Waals surface area contributed by atoms with E-state index in [2.05, 4.69) is 60.4 Å². The molecule has 4 aromatic rings. The maximum absolute atomic E-state index is 13.1. The average Bonchev–Trinajstić information content (AvgIpc) is 3.32. The van der Waals surface area contributed by atoms with Crippen molar-refractivity contribution in [3.63, 3.8) is 0 Å². The van der Waals surface area contributed by atoms with E-state index in [1.54, 1.807) is 13.2 Å². The van der Waals surface area contributed by atoms with Gasteiger partial charge >= 0.3 is 0 Å². The van der Waals surface area contributed by atoms with Crippen molar-refractivity contribution in [1.82, 2.24) is 9.80 Å². The standard InChI is InChI=1S/C30H32N2O3/c1-5-31-13-15-32(16-14-31)28(33)17-20(2)25-18-26-27(19-35-30(26)21(3)29(25)34-4)24-12-8-10-22-9-6-7-11-23(22)24/h6-12,17-19H,5,13-16H2,1-4H3/b20-17+. The van der Waals surface area contributed by atoms with Crippen LogP contribution < -0.4 is 4.74 Å². The van der Waals surface area contributed by atoms with E-state index in [1.165, 1.54) is 10.8 Å². The fraction of sp³-hybridized carbons (Fsp3) is 0.300. The van der Waals surface area contributed by atoms with Gasteiger partial charge in [0.05, 0.1) is 13.4 Å². The van der Waals surface area contributed by atoms with E-state index in [4.69, 9.17) is 9.15 Å². The first-order valence-electron chi connectivity index (χ1n) is 12.3. The van der Waals surface area contributed by atoms with Crippen LogP contribution in [0.15, 0.2) is 65.3 Å². The van der Waals surface area contributed by atoms with Gasteiger partial charge in [-0.15, -0.1) is 0 Å². The number of aryl methyl sites for hydroxylation is 1. The number of nitrogens with zero attached hydrogens (tertiary/aromatic N) is 2. The zero-order chi connectivity index (χ0) is 24.5. The molecule has 0 bridgehead atoms. The number of carbonyl (C=O) groups is 1. The minimum atomic E-state index is 0.0551. The number of hydrogen-bond donors (Lipinski definition) is 0. The molecule has 5 heteroatoms. The van der Waals surface area contributed by atoms with Crippen LogP contribution in [0, 0.1) is 6.92 Å². The molecular weight excluding hydrogens is 436 g/mol. The molecule has 1 aliphatic heterocycles. The highest BCUT2D eigenvalue weighted by Gasteiger charge is 2.22. The summed E-state index contributed by atoms with van der Waals surface area (Å²) in [6, 6.07) is 16.8. The summed E-state index contributed by atoms with van der Waals surface area (Å²) >= 11 is 0. The monoisotopic (exact) mass is 468 g/mol. The summed E-state index contributed by atoms with van der Waals surface area (Å²) in [6.07, 6.45) is 3.59. The molecule has 1 fully saturated rings. The Kier molecular flexibility index (Phi) is 6.35. The largest absolute Gasteiger partial charge is 0.496 e. The minimum absolute atomic E-state index is 0.0551. The molecular formula is C30H32N2O3. The zero-order valence-corrected chi connectivity index (χ0v) is 20.9. The Labute approximate surface area is 206 Å². The zero-order valence-electron chi connectivity index (χ0n) is 20.9. The molecule has 0 saturated carbocycles. The number of rotatable bonds is 5. The Morgan fingerprint density at radius 1 is 1.03 bits per heavy atom. The molecule has 0 atom stereocenters. The fourth-order valence-corrected chi connectivity index (χ4v) is 5.18. The van der Waals surface area contributed by atoms with Crippen molar-refractivity contribution < 1.29 is 13.9 Å². The molecule has 5 nitrogen and oxygen atoms in total. The molecule has 1 aromatic heterocycles. The van der Waals surface area contributed by atoms with Gasteiger partial charge < -0.3 is 19.0 Å². The molecule has 2 heterocycles. The molecule has 0 unspecified atom stereocenters. The summed E-state index contributed by atoms with van der Waals surface area (Å²) in [5, 5.41) is 3.39. The molecule has 1 amide bonds. The summed E-state index contributed by atoms with van der Waals surface area (Å²) in [5.74, 6) is 0.799. The summed E-state index contributed by atoms with van der Waals surface area (Å²) in [5.41, 5.74) is 5.72. The van der Waals surface area contributed by atoms with Gasteiger partial charge in [0.2, 0.25) is 5.91 Å². The number of allylic oxidation sites excluding steroid dienone is 1. The van der Waals surface area contributed by atoms with E-state index in [-0.39, 0.29) is 5.91 Å². The number of likely N-dealkylation sites (N-methyl/N-ethyl adjacent to an activating group) is 1. The van der Waals surface area contributed by atoms with Crippen molar-refractivity contribution in [2.75, 3.05) is 39.8 Å². The maximum Gasteiger partial charge on any atom is 0.246 e. The van der Waals surface area contributed by atoms with Gasteiger partial charge in [0.15, 0.2) is 0 Å². The summed E-state index contributed by atoms with van der Waals surface area (Å²) < 4.78 is 11.9. The molecule has 0 N–H and O–H groups in total. The second-order valence-corrected chi connectivity index (χ2v) is 9.22. The van der Waals surface area contributed by atoms with E-state index >= 15 is 0 Å². The second-order valence-electron chi connectivity index (χ2n) is 9.22. The van der Waals surface area contributed by atoms with Crippen LogP contribution in [-0.2, 0) is 4.79 Å². The predicted molar refractivity (Wildman–Crippen MR) is 143 cm³/mol. The van der Waals surface area contributed by atoms with Gasteiger partial charge in [-0.1, -0.05) is 49.4 Å². The predicted octanol–water partition coefficient (Wildman–Crippen LogP) is 6.14. The van der Waals surface area contributed by atoms with Crippen LogP contribution >= 0.6 is 0 Å². The maximum atomic E-state index is 13.1. The topological polar surface area (TPSA) is 45.9 Å². The van der Waals surface area contributed by atoms with Gasteiger partial charge in [-0.3, -0.25) is 4.79 Å². The van der Waals surface area contributed by atoms with Crippen LogP contribution in [0.25, 0.3) is 38.4 Å². The Morgan fingerprint density at radius 3 is 2.51 bits per heavy atom. The Balaban J connectivity index is 1.58. The highest BCUT2D eigenvalue weighted by atomic mass is 16.5. The average molecular weight is 469 g/mol. The molecule has 1 aliphatic rings. The smallest absolute Gasteiger partial charge is 0.246 e. The van der Waals surface area contributed by atoms with Gasteiger partial charge in [0, 0.05) is 54.3 Å². The molecule has 180 valence electrons.